The van der Waals surface area contributed by atoms with E-state index in [1.807, 2.05) is 4.90 Å². The summed E-state index contributed by atoms with van der Waals surface area (Å²) in [5, 5.41) is 0. The van der Waals surface area contributed by atoms with E-state index in [1.165, 1.54) is 47.5 Å². The fourth-order valence-corrected chi connectivity index (χ4v) is 4.20. The van der Waals surface area contributed by atoms with E-state index in [9.17, 15) is 4.79 Å². The Hall–Kier alpha value is -1.42. The molecule has 2 N–H and O–H groups in total. The summed E-state index contributed by atoms with van der Waals surface area (Å²) in [5.74, 6) is 0.584. The van der Waals surface area contributed by atoms with Crippen molar-refractivity contribution in [2.24, 2.45) is 11.7 Å². The van der Waals surface area contributed by atoms with Crippen molar-refractivity contribution in [1.29, 1.82) is 0 Å². The highest BCUT2D eigenvalue weighted by atomic mass is 16.2. The summed E-state index contributed by atoms with van der Waals surface area (Å²) in [6.45, 7) is 1.41. The molecule has 1 aromatic heterocycles. The lowest BCUT2D eigenvalue weighted by molar-refractivity contribution is -0.117. The molecule has 1 atom stereocenters. The van der Waals surface area contributed by atoms with Gasteiger partial charge in [0.25, 0.3) is 0 Å². The summed E-state index contributed by atoms with van der Waals surface area (Å²) in [7, 11) is 0. The topological polar surface area (TPSA) is 59.2 Å². The number of hydrogen-bond donors (Lipinski definition) is 1. The number of aryl methyl sites for hydroxylation is 2. The fraction of sp³-hybridized carbons (Fsp3) is 0.647. The van der Waals surface area contributed by atoms with Crippen LogP contribution in [0.4, 0.5) is 5.69 Å². The van der Waals surface area contributed by atoms with Crippen molar-refractivity contribution in [3.63, 3.8) is 0 Å². The van der Waals surface area contributed by atoms with Crippen LogP contribution >= 0.6 is 0 Å². The van der Waals surface area contributed by atoms with Gasteiger partial charge in [0, 0.05) is 24.4 Å². The van der Waals surface area contributed by atoms with E-state index in [4.69, 9.17) is 10.7 Å². The number of amides is 1. The molecule has 21 heavy (non-hydrogen) atoms. The first-order valence-corrected chi connectivity index (χ1v) is 8.32. The van der Waals surface area contributed by atoms with E-state index in [0.717, 1.165) is 32.2 Å². The number of aromatic nitrogens is 1. The highest BCUT2D eigenvalue weighted by molar-refractivity contribution is 5.97. The molecule has 2 heterocycles. The maximum absolute atomic E-state index is 12.5. The lowest BCUT2D eigenvalue weighted by atomic mass is 9.91. The number of pyridine rings is 1. The maximum Gasteiger partial charge on any atom is 0.227 e. The molecule has 1 saturated heterocycles. The van der Waals surface area contributed by atoms with Crippen LogP contribution in [-0.2, 0) is 30.5 Å². The molecule has 4 rings (SSSR count). The molecule has 0 spiro atoms. The second-order valence-electron chi connectivity index (χ2n) is 6.68. The van der Waals surface area contributed by atoms with E-state index in [0.29, 0.717) is 18.9 Å². The van der Waals surface area contributed by atoms with Gasteiger partial charge in [-0.3, -0.25) is 9.78 Å². The molecule has 2 aliphatic carbocycles. The smallest absolute Gasteiger partial charge is 0.227 e. The lowest BCUT2D eigenvalue weighted by Crippen LogP contribution is -2.29. The van der Waals surface area contributed by atoms with Gasteiger partial charge in [-0.1, -0.05) is 0 Å². The van der Waals surface area contributed by atoms with Crippen LogP contribution in [0, 0.1) is 5.92 Å². The van der Waals surface area contributed by atoms with Crippen LogP contribution < -0.4 is 10.6 Å². The predicted octanol–water partition coefficient (Wildman–Crippen LogP) is 1.76. The van der Waals surface area contributed by atoms with Crippen LogP contribution in [0.3, 0.4) is 0 Å². The average molecular weight is 285 g/mol. The second kappa shape index (κ2) is 5.09. The minimum Gasteiger partial charge on any atom is -0.330 e. The molecule has 0 saturated carbocycles. The van der Waals surface area contributed by atoms with Crippen molar-refractivity contribution < 1.29 is 4.79 Å². The van der Waals surface area contributed by atoms with Gasteiger partial charge in [-0.2, -0.15) is 0 Å². The van der Waals surface area contributed by atoms with Crippen molar-refractivity contribution >= 4 is 11.6 Å². The summed E-state index contributed by atoms with van der Waals surface area (Å²) in [6, 6.07) is 0. The molecule has 1 amide bonds. The summed E-state index contributed by atoms with van der Waals surface area (Å²) in [5.41, 5.74) is 12.3. The average Bonchev–Trinajstić information content (AvgIpc) is 3.11. The quantitative estimate of drug-likeness (QED) is 0.900. The SMILES string of the molecule is NCC1CC(=O)N(c2c3c(nc4c2CCC4)CCCC3)C1. The number of rotatable bonds is 2. The van der Waals surface area contributed by atoms with Gasteiger partial charge in [0.1, 0.15) is 0 Å². The minimum atomic E-state index is 0.263. The van der Waals surface area contributed by atoms with Gasteiger partial charge in [0.15, 0.2) is 0 Å². The van der Waals surface area contributed by atoms with Gasteiger partial charge < -0.3 is 10.6 Å². The van der Waals surface area contributed by atoms with Crippen LogP contribution in [0.1, 0.15) is 48.2 Å². The van der Waals surface area contributed by atoms with E-state index in [1.54, 1.807) is 0 Å². The third-order valence-electron chi connectivity index (χ3n) is 5.28. The number of nitrogens with zero attached hydrogens (tertiary/aromatic N) is 2. The first kappa shape index (κ1) is 13.3. The molecule has 1 unspecified atom stereocenters. The van der Waals surface area contributed by atoms with Crippen LogP contribution in [0.15, 0.2) is 0 Å². The van der Waals surface area contributed by atoms with Gasteiger partial charge in [-0.15, -0.1) is 0 Å². The van der Waals surface area contributed by atoms with Gasteiger partial charge >= 0.3 is 0 Å². The zero-order valence-corrected chi connectivity index (χ0v) is 12.5. The number of fused-ring (bicyclic) bond motifs is 2. The molecular weight excluding hydrogens is 262 g/mol. The van der Waals surface area contributed by atoms with Crippen LogP contribution in [-0.4, -0.2) is 24.0 Å². The largest absolute Gasteiger partial charge is 0.330 e. The first-order chi connectivity index (χ1) is 10.3. The molecule has 1 aromatic rings. The molecule has 1 aliphatic heterocycles. The summed E-state index contributed by atoms with van der Waals surface area (Å²) in [6.07, 6.45) is 8.59. The van der Waals surface area contributed by atoms with Crippen molar-refractivity contribution in [3.05, 3.63) is 22.5 Å². The van der Waals surface area contributed by atoms with E-state index >= 15 is 0 Å². The fourth-order valence-electron chi connectivity index (χ4n) is 4.20. The van der Waals surface area contributed by atoms with Crippen molar-refractivity contribution in [1.82, 2.24) is 4.98 Å². The zero-order valence-electron chi connectivity index (χ0n) is 12.5. The third kappa shape index (κ3) is 2.08. The molecule has 0 bridgehead atoms. The standard InChI is InChI=1S/C17H23N3O/c18-9-11-8-16(21)20(10-11)17-12-4-1-2-6-14(12)19-15-7-3-5-13(15)17/h11H,1-10,18H2. The molecular formula is C17H23N3O. The lowest BCUT2D eigenvalue weighted by Gasteiger charge is -2.27. The maximum atomic E-state index is 12.5. The first-order valence-electron chi connectivity index (χ1n) is 8.32. The van der Waals surface area contributed by atoms with Crippen LogP contribution in [0.25, 0.3) is 0 Å². The summed E-state index contributed by atoms with van der Waals surface area (Å²) in [4.78, 5) is 19.5. The molecule has 4 heteroatoms. The second-order valence-corrected chi connectivity index (χ2v) is 6.68. The van der Waals surface area contributed by atoms with Gasteiger partial charge in [0.05, 0.1) is 5.69 Å². The Morgan fingerprint density at radius 3 is 2.43 bits per heavy atom. The summed E-state index contributed by atoms with van der Waals surface area (Å²) < 4.78 is 0. The predicted molar refractivity (Wildman–Crippen MR) is 82.4 cm³/mol. The van der Waals surface area contributed by atoms with E-state index in [-0.39, 0.29) is 5.91 Å². The Balaban J connectivity index is 1.84. The van der Waals surface area contributed by atoms with Crippen LogP contribution in [0.5, 0.6) is 0 Å². The Kier molecular flexibility index (Phi) is 3.21. The molecule has 0 aromatic carbocycles. The monoisotopic (exact) mass is 285 g/mol. The Labute approximate surface area is 125 Å². The molecule has 3 aliphatic rings. The Morgan fingerprint density at radius 2 is 1.71 bits per heavy atom. The zero-order chi connectivity index (χ0) is 14.4. The van der Waals surface area contributed by atoms with Gasteiger partial charge in [-0.25, -0.2) is 0 Å². The van der Waals surface area contributed by atoms with Crippen molar-refractivity contribution in [2.75, 3.05) is 18.0 Å². The van der Waals surface area contributed by atoms with Gasteiger partial charge in [-0.05, 0) is 68.5 Å². The van der Waals surface area contributed by atoms with Crippen LogP contribution in [0.2, 0.25) is 0 Å². The number of anilines is 1. The third-order valence-corrected chi connectivity index (χ3v) is 5.28. The molecule has 4 nitrogen and oxygen atoms in total. The Bertz CT molecular complexity index is 596. The Morgan fingerprint density at radius 1 is 1.05 bits per heavy atom. The molecule has 112 valence electrons. The number of nitrogens with two attached hydrogens (primary N) is 1. The van der Waals surface area contributed by atoms with Crippen molar-refractivity contribution in [3.8, 4) is 0 Å². The number of hydrogen-bond acceptors (Lipinski definition) is 3. The van der Waals surface area contributed by atoms with Crippen molar-refractivity contribution in [2.45, 2.75) is 51.4 Å². The normalized spacial score (nSPS) is 24.3. The highest BCUT2D eigenvalue weighted by Crippen LogP contribution is 2.40. The molecule has 1 fully saturated rings. The van der Waals surface area contributed by atoms with Gasteiger partial charge in [0.2, 0.25) is 5.91 Å². The molecule has 0 radical (unpaired) electrons. The summed E-state index contributed by atoms with van der Waals surface area (Å²) >= 11 is 0. The number of carbonyl (C=O) groups is 1. The highest BCUT2D eigenvalue weighted by Gasteiger charge is 2.35. The van der Waals surface area contributed by atoms with E-state index in [2.05, 4.69) is 0 Å². The van der Waals surface area contributed by atoms with E-state index < -0.39 is 0 Å². The number of carbonyl (C=O) groups excluding carboxylic acids is 1. The minimum absolute atomic E-state index is 0.263.